The summed E-state index contributed by atoms with van der Waals surface area (Å²) in [5.41, 5.74) is 1.16. The van der Waals surface area contributed by atoms with Crippen molar-refractivity contribution in [3.05, 3.63) is 48.0 Å². The van der Waals surface area contributed by atoms with Crippen LogP contribution in [0.1, 0.15) is 37.9 Å². The second-order valence-corrected chi connectivity index (χ2v) is 9.49. The van der Waals surface area contributed by atoms with Crippen molar-refractivity contribution in [2.45, 2.75) is 63.7 Å². The van der Waals surface area contributed by atoms with Gasteiger partial charge in [-0.15, -0.1) is 0 Å². The number of aromatic hydroxyl groups is 1. The number of aromatic nitrogens is 2. The Morgan fingerprint density at radius 1 is 1.03 bits per heavy atom. The van der Waals surface area contributed by atoms with Crippen LogP contribution in [0.25, 0.3) is 0 Å². The number of nitrogens with one attached hydrogen (secondary N) is 5. The molecule has 0 aliphatic carbocycles. The zero-order valence-corrected chi connectivity index (χ0v) is 20.9. The van der Waals surface area contributed by atoms with Crippen molar-refractivity contribution in [3.8, 4) is 5.75 Å². The quantitative estimate of drug-likeness (QED) is 0.204. The van der Waals surface area contributed by atoms with E-state index in [1.165, 1.54) is 24.7 Å². The van der Waals surface area contributed by atoms with Crippen molar-refractivity contribution < 1.29 is 29.4 Å². The third-order valence-corrected chi connectivity index (χ3v) is 6.23. The van der Waals surface area contributed by atoms with E-state index in [4.69, 9.17) is 0 Å². The minimum absolute atomic E-state index is 0.0227. The average Bonchev–Trinajstić information content (AvgIpc) is 3.57. The topological polar surface area (TPSA) is 186 Å². The van der Waals surface area contributed by atoms with E-state index in [1.807, 2.05) is 0 Å². The number of carboxylic acid groups (broad SMARTS) is 1. The Morgan fingerprint density at radius 3 is 2.30 bits per heavy atom. The highest BCUT2D eigenvalue weighted by molar-refractivity contribution is 5.94. The molecule has 1 aromatic heterocycles. The van der Waals surface area contributed by atoms with Crippen LogP contribution in [0.15, 0.2) is 36.8 Å². The van der Waals surface area contributed by atoms with Crippen LogP contribution in [0, 0.1) is 5.92 Å². The molecule has 3 rings (SSSR count). The number of imidazole rings is 1. The molecule has 1 aromatic carbocycles. The zero-order valence-electron chi connectivity index (χ0n) is 20.9. The lowest BCUT2D eigenvalue weighted by Crippen LogP contribution is -2.59. The summed E-state index contributed by atoms with van der Waals surface area (Å²) < 4.78 is 0. The first kappa shape index (κ1) is 27.7. The van der Waals surface area contributed by atoms with Crippen LogP contribution < -0.4 is 21.3 Å². The van der Waals surface area contributed by atoms with Gasteiger partial charge in [0, 0.05) is 24.7 Å². The molecule has 200 valence electrons. The van der Waals surface area contributed by atoms with Crippen molar-refractivity contribution in [1.82, 2.24) is 31.2 Å². The van der Waals surface area contributed by atoms with Crippen LogP contribution in [-0.2, 0) is 32.0 Å². The number of nitrogens with zero attached hydrogens (tertiary/aromatic N) is 1. The molecular weight excluding hydrogens is 480 g/mol. The van der Waals surface area contributed by atoms with Gasteiger partial charge in [-0.3, -0.25) is 14.4 Å². The number of aromatic amines is 1. The van der Waals surface area contributed by atoms with Crippen molar-refractivity contribution >= 4 is 23.7 Å². The summed E-state index contributed by atoms with van der Waals surface area (Å²) in [4.78, 5) is 57.8. The number of benzene rings is 1. The molecule has 0 saturated carbocycles. The molecule has 0 radical (unpaired) electrons. The second kappa shape index (κ2) is 12.9. The van der Waals surface area contributed by atoms with E-state index in [-0.39, 0.29) is 36.5 Å². The van der Waals surface area contributed by atoms with Gasteiger partial charge in [0.25, 0.3) is 0 Å². The number of H-pyrrole nitrogens is 1. The molecular formula is C25H34N6O6. The van der Waals surface area contributed by atoms with Gasteiger partial charge in [0.15, 0.2) is 0 Å². The molecule has 12 heteroatoms. The van der Waals surface area contributed by atoms with Gasteiger partial charge >= 0.3 is 5.97 Å². The van der Waals surface area contributed by atoms with Gasteiger partial charge in [0.1, 0.15) is 23.9 Å². The predicted octanol–water partition coefficient (Wildman–Crippen LogP) is -0.152. The summed E-state index contributed by atoms with van der Waals surface area (Å²) in [6.07, 6.45) is 4.50. The minimum atomic E-state index is -1.27. The first-order valence-corrected chi connectivity index (χ1v) is 12.3. The number of carbonyl (C=O) groups is 4. The smallest absolute Gasteiger partial charge is 0.326 e. The average molecular weight is 515 g/mol. The van der Waals surface area contributed by atoms with Crippen molar-refractivity contribution in [3.63, 3.8) is 0 Å². The highest BCUT2D eigenvalue weighted by atomic mass is 16.4. The first-order chi connectivity index (χ1) is 17.6. The maximum absolute atomic E-state index is 13.2. The van der Waals surface area contributed by atoms with E-state index in [2.05, 4.69) is 31.2 Å². The maximum Gasteiger partial charge on any atom is 0.326 e. The van der Waals surface area contributed by atoms with E-state index < -0.39 is 35.9 Å². The Hall–Kier alpha value is -3.93. The Kier molecular flexibility index (Phi) is 9.61. The van der Waals surface area contributed by atoms with Gasteiger partial charge in [0.05, 0.1) is 12.4 Å². The van der Waals surface area contributed by atoms with Crippen LogP contribution in [0.5, 0.6) is 5.75 Å². The molecule has 1 fully saturated rings. The van der Waals surface area contributed by atoms with Crippen LogP contribution in [0.2, 0.25) is 0 Å². The molecule has 7 N–H and O–H groups in total. The zero-order chi connectivity index (χ0) is 26.9. The van der Waals surface area contributed by atoms with Gasteiger partial charge in [-0.1, -0.05) is 26.0 Å². The summed E-state index contributed by atoms with van der Waals surface area (Å²) in [6, 6.07) is 2.34. The highest BCUT2D eigenvalue weighted by Gasteiger charge is 2.33. The molecule has 1 aliphatic rings. The Labute approximate surface area is 214 Å². The number of phenolic OH excluding ortho intramolecular Hbond substituents is 1. The van der Waals surface area contributed by atoms with Crippen molar-refractivity contribution in [1.29, 1.82) is 0 Å². The monoisotopic (exact) mass is 514 g/mol. The molecule has 1 saturated heterocycles. The fraction of sp³-hybridized carbons (Fsp3) is 0.480. The third kappa shape index (κ3) is 8.04. The van der Waals surface area contributed by atoms with Gasteiger partial charge < -0.3 is 36.5 Å². The summed E-state index contributed by atoms with van der Waals surface area (Å²) in [6.45, 7) is 4.31. The lowest BCUT2D eigenvalue weighted by molar-refractivity contribution is -0.142. The Morgan fingerprint density at radius 2 is 1.73 bits per heavy atom. The van der Waals surface area contributed by atoms with Gasteiger partial charge in [-0.2, -0.15) is 0 Å². The number of carboxylic acids is 1. The third-order valence-electron chi connectivity index (χ3n) is 6.23. The fourth-order valence-electron chi connectivity index (χ4n) is 4.12. The predicted molar refractivity (Wildman–Crippen MR) is 133 cm³/mol. The van der Waals surface area contributed by atoms with E-state index >= 15 is 0 Å². The lowest BCUT2D eigenvalue weighted by Gasteiger charge is -2.27. The molecule has 2 aromatic rings. The number of amides is 3. The standard InChI is InChI=1S/C25H34N6O6/c1-14(2)21(31-22(33)18-4-3-9-27-18)24(35)29-19(11-16-12-26-13-28-16)23(34)30-20(25(36)37)10-15-5-7-17(32)8-6-15/h5-8,12-14,18-21,27,32H,3-4,9-11H2,1-2H3,(H,26,28)(H,29,35)(H,30,34)(H,31,33)(H,36,37). The second-order valence-electron chi connectivity index (χ2n) is 9.49. The van der Waals surface area contributed by atoms with Crippen LogP contribution in [0.4, 0.5) is 0 Å². The molecule has 37 heavy (non-hydrogen) atoms. The van der Waals surface area contributed by atoms with E-state index in [0.717, 1.165) is 13.0 Å². The number of carbonyl (C=O) groups excluding carboxylic acids is 3. The summed E-state index contributed by atoms with van der Waals surface area (Å²) in [7, 11) is 0. The number of hydrogen-bond acceptors (Lipinski definition) is 7. The van der Waals surface area contributed by atoms with Crippen LogP contribution in [-0.4, -0.2) is 74.6 Å². The molecule has 0 spiro atoms. The summed E-state index contributed by atoms with van der Waals surface area (Å²) in [5.74, 6) is -2.99. The fourth-order valence-corrected chi connectivity index (χ4v) is 4.12. The van der Waals surface area contributed by atoms with Gasteiger partial charge in [0.2, 0.25) is 17.7 Å². The SMILES string of the molecule is CC(C)C(NC(=O)C1CCCN1)C(=O)NC(Cc1cnc[nH]1)C(=O)NC(Cc1ccc(O)cc1)C(=O)O. The largest absolute Gasteiger partial charge is 0.508 e. The molecule has 0 bridgehead atoms. The molecule has 4 unspecified atom stereocenters. The normalized spacial score (nSPS) is 17.5. The molecule has 2 heterocycles. The number of hydrogen-bond donors (Lipinski definition) is 7. The van der Waals surface area contributed by atoms with Crippen molar-refractivity contribution in [2.75, 3.05) is 6.54 Å². The van der Waals surface area contributed by atoms with Gasteiger partial charge in [-0.25, -0.2) is 9.78 Å². The van der Waals surface area contributed by atoms with E-state index in [1.54, 1.807) is 26.0 Å². The molecule has 3 amide bonds. The summed E-state index contributed by atoms with van der Waals surface area (Å²) >= 11 is 0. The maximum atomic E-state index is 13.2. The Bertz CT molecular complexity index is 1070. The number of aliphatic carboxylic acids is 1. The Balaban J connectivity index is 1.73. The number of phenols is 1. The van der Waals surface area contributed by atoms with E-state index in [9.17, 15) is 29.4 Å². The van der Waals surface area contributed by atoms with Crippen LogP contribution >= 0.6 is 0 Å². The molecule has 1 aliphatic heterocycles. The highest BCUT2D eigenvalue weighted by Crippen LogP contribution is 2.12. The van der Waals surface area contributed by atoms with Crippen molar-refractivity contribution in [2.24, 2.45) is 5.92 Å². The lowest BCUT2D eigenvalue weighted by atomic mass is 10.0. The van der Waals surface area contributed by atoms with E-state index in [0.29, 0.717) is 17.7 Å². The molecule has 4 atom stereocenters. The van der Waals surface area contributed by atoms with Gasteiger partial charge in [-0.05, 0) is 43.0 Å². The summed E-state index contributed by atoms with van der Waals surface area (Å²) in [5, 5.41) is 30.2. The minimum Gasteiger partial charge on any atom is -0.508 e. The molecule has 12 nitrogen and oxygen atoms in total. The first-order valence-electron chi connectivity index (χ1n) is 12.3. The number of rotatable bonds is 12. The van der Waals surface area contributed by atoms with Crippen LogP contribution in [0.3, 0.4) is 0 Å².